The van der Waals surface area contributed by atoms with Gasteiger partial charge >= 0.3 is 0 Å². The van der Waals surface area contributed by atoms with E-state index in [4.69, 9.17) is 10.5 Å². The summed E-state index contributed by atoms with van der Waals surface area (Å²) in [5, 5.41) is 0. The van der Waals surface area contributed by atoms with Crippen LogP contribution in [0.15, 0.2) is 18.3 Å². The minimum atomic E-state index is 0.724. The molecular formula is C14H23N3O. The van der Waals surface area contributed by atoms with Crippen LogP contribution in [-0.2, 0) is 6.54 Å². The first-order valence-electron chi connectivity index (χ1n) is 6.77. The van der Waals surface area contributed by atoms with Crippen molar-refractivity contribution in [3.8, 4) is 5.88 Å². The van der Waals surface area contributed by atoms with Crippen LogP contribution in [-0.4, -0.2) is 36.1 Å². The maximum Gasteiger partial charge on any atom is 0.217 e. The lowest BCUT2D eigenvalue weighted by Crippen LogP contribution is -2.40. The van der Waals surface area contributed by atoms with Crippen molar-refractivity contribution in [2.75, 3.05) is 20.2 Å². The van der Waals surface area contributed by atoms with Gasteiger partial charge in [-0.15, -0.1) is 0 Å². The number of nitrogens with two attached hydrogens (primary N) is 1. The van der Waals surface area contributed by atoms with Gasteiger partial charge in [0.05, 0.1) is 7.11 Å². The maximum atomic E-state index is 5.62. The second-order valence-electron chi connectivity index (χ2n) is 4.87. The first-order chi connectivity index (χ1) is 8.85. The summed E-state index contributed by atoms with van der Waals surface area (Å²) in [6.45, 7) is 2.74. The fourth-order valence-corrected chi connectivity index (χ4v) is 2.38. The highest BCUT2D eigenvalue weighted by Crippen LogP contribution is 2.27. The Balaban J connectivity index is 2.02. The summed E-state index contributed by atoms with van der Waals surface area (Å²) in [6, 6.07) is 4.79. The summed E-state index contributed by atoms with van der Waals surface area (Å²) in [7, 11) is 1.68. The van der Waals surface area contributed by atoms with Crippen molar-refractivity contribution in [2.24, 2.45) is 5.73 Å². The Hall–Kier alpha value is -1.13. The van der Waals surface area contributed by atoms with E-state index in [-0.39, 0.29) is 0 Å². The number of nitrogens with zero attached hydrogens (tertiary/aromatic N) is 2. The standard InChI is InChI=1S/C14H23N3O/c1-18-14-12(5-3-9-16-14)11-17(10-4-8-15)13-6-2-7-13/h3,5,9,13H,2,4,6-8,10-11,15H2,1H3. The molecule has 0 unspecified atom stereocenters. The third-order valence-electron chi connectivity index (χ3n) is 3.66. The molecule has 1 aliphatic carbocycles. The predicted octanol–water partition coefficient (Wildman–Crippen LogP) is 1.79. The number of pyridine rings is 1. The molecule has 0 saturated heterocycles. The van der Waals surface area contributed by atoms with Crippen LogP contribution in [0, 0.1) is 0 Å². The normalized spacial score (nSPS) is 15.7. The molecule has 0 aliphatic heterocycles. The number of methoxy groups -OCH3 is 1. The first kappa shape index (κ1) is 13.3. The molecule has 2 rings (SSSR count). The first-order valence-corrected chi connectivity index (χ1v) is 6.77. The van der Waals surface area contributed by atoms with E-state index in [0.29, 0.717) is 0 Å². The van der Waals surface area contributed by atoms with Crippen LogP contribution in [0.4, 0.5) is 0 Å². The Morgan fingerprint density at radius 2 is 2.33 bits per heavy atom. The van der Waals surface area contributed by atoms with Gasteiger partial charge < -0.3 is 10.5 Å². The molecule has 0 atom stereocenters. The van der Waals surface area contributed by atoms with Crippen LogP contribution in [0.1, 0.15) is 31.2 Å². The van der Waals surface area contributed by atoms with Crippen molar-refractivity contribution in [1.29, 1.82) is 0 Å². The average Bonchev–Trinajstić information content (AvgIpc) is 2.34. The SMILES string of the molecule is COc1ncccc1CN(CCCN)C1CCC1. The number of hydrogen-bond acceptors (Lipinski definition) is 4. The van der Waals surface area contributed by atoms with E-state index < -0.39 is 0 Å². The van der Waals surface area contributed by atoms with E-state index in [1.165, 1.54) is 24.8 Å². The topological polar surface area (TPSA) is 51.4 Å². The summed E-state index contributed by atoms with van der Waals surface area (Å²) < 4.78 is 5.32. The second-order valence-corrected chi connectivity index (χ2v) is 4.87. The zero-order chi connectivity index (χ0) is 12.8. The van der Waals surface area contributed by atoms with Gasteiger partial charge in [0.1, 0.15) is 0 Å². The molecule has 4 nitrogen and oxygen atoms in total. The van der Waals surface area contributed by atoms with Crippen molar-refractivity contribution in [1.82, 2.24) is 9.88 Å². The molecular weight excluding hydrogens is 226 g/mol. The van der Waals surface area contributed by atoms with Crippen LogP contribution in [0.5, 0.6) is 5.88 Å². The van der Waals surface area contributed by atoms with Crippen molar-refractivity contribution in [3.63, 3.8) is 0 Å². The van der Waals surface area contributed by atoms with E-state index in [9.17, 15) is 0 Å². The Morgan fingerprint density at radius 3 is 2.94 bits per heavy atom. The summed E-state index contributed by atoms with van der Waals surface area (Å²) in [5.74, 6) is 0.745. The Morgan fingerprint density at radius 1 is 1.50 bits per heavy atom. The zero-order valence-electron chi connectivity index (χ0n) is 11.1. The summed E-state index contributed by atoms with van der Waals surface area (Å²) in [6.07, 6.45) is 6.81. The van der Waals surface area contributed by atoms with Crippen LogP contribution in [0.3, 0.4) is 0 Å². The minimum absolute atomic E-state index is 0.724. The number of rotatable bonds is 7. The monoisotopic (exact) mass is 249 g/mol. The quantitative estimate of drug-likeness (QED) is 0.800. The highest BCUT2D eigenvalue weighted by molar-refractivity contribution is 5.25. The smallest absolute Gasteiger partial charge is 0.217 e. The number of hydrogen-bond donors (Lipinski definition) is 1. The van der Waals surface area contributed by atoms with Gasteiger partial charge in [-0.3, -0.25) is 4.90 Å². The molecule has 1 fully saturated rings. The van der Waals surface area contributed by atoms with Crippen molar-refractivity contribution >= 4 is 0 Å². The van der Waals surface area contributed by atoms with Crippen LogP contribution in [0.2, 0.25) is 0 Å². The van der Waals surface area contributed by atoms with Gasteiger partial charge in [-0.1, -0.05) is 12.5 Å². The van der Waals surface area contributed by atoms with Gasteiger partial charge in [0.25, 0.3) is 0 Å². The molecule has 18 heavy (non-hydrogen) atoms. The van der Waals surface area contributed by atoms with Crippen LogP contribution in [0.25, 0.3) is 0 Å². The molecule has 0 bridgehead atoms. The maximum absolute atomic E-state index is 5.62. The molecule has 1 saturated carbocycles. The molecule has 4 heteroatoms. The van der Waals surface area contributed by atoms with E-state index in [1.807, 2.05) is 6.07 Å². The predicted molar refractivity (Wildman–Crippen MR) is 72.5 cm³/mol. The second kappa shape index (κ2) is 6.71. The fraction of sp³-hybridized carbons (Fsp3) is 0.643. The molecule has 0 aromatic carbocycles. The van der Waals surface area contributed by atoms with Crippen molar-refractivity contribution < 1.29 is 4.74 Å². The van der Waals surface area contributed by atoms with Gasteiger partial charge in [-0.25, -0.2) is 4.98 Å². The molecule has 1 aromatic heterocycles. The highest BCUT2D eigenvalue weighted by atomic mass is 16.5. The molecule has 1 aliphatic rings. The molecule has 2 N–H and O–H groups in total. The molecule has 0 spiro atoms. The highest BCUT2D eigenvalue weighted by Gasteiger charge is 2.25. The third-order valence-corrected chi connectivity index (χ3v) is 3.66. The minimum Gasteiger partial charge on any atom is -0.481 e. The molecule has 1 aromatic rings. The molecule has 100 valence electrons. The van der Waals surface area contributed by atoms with Gasteiger partial charge in [0, 0.05) is 24.3 Å². The molecule has 1 heterocycles. The van der Waals surface area contributed by atoms with Crippen LogP contribution < -0.4 is 10.5 Å². The lowest BCUT2D eigenvalue weighted by atomic mass is 9.91. The van der Waals surface area contributed by atoms with Crippen molar-refractivity contribution in [3.05, 3.63) is 23.9 Å². The van der Waals surface area contributed by atoms with E-state index in [0.717, 1.165) is 38.0 Å². The lowest BCUT2D eigenvalue weighted by molar-refractivity contribution is 0.117. The van der Waals surface area contributed by atoms with Crippen LogP contribution >= 0.6 is 0 Å². The van der Waals surface area contributed by atoms with Gasteiger partial charge in [0.15, 0.2) is 0 Å². The Kier molecular flexibility index (Phi) is 4.96. The Bertz CT molecular complexity index is 366. The zero-order valence-corrected chi connectivity index (χ0v) is 11.1. The summed E-state index contributed by atoms with van der Waals surface area (Å²) in [4.78, 5) is 6.78. The van der Waals surface area contributed by atoms with E-state index in [2.05, 4.69) is 16.0 Å². The number of aromatic nitrogens is 1. The fourth-order valence-electron chi connectivity index (χ4n) is 2.38. The third kappa shape index (κ3) is 3.21. The summed E-state index contributed by atoms with van der Waals surface area (Å²) >= 11 is 0. The largest absolute Gasteiger partial charge is 0.481 e. The van der Waals surface area contributed by atoms with Gasteiger partial charge in [0.2, 0.25) is 5.88 Å². The lowest BCUT2D eigenvalue weighted by Gasteiger charge is -2.37. The number of ether oxygens (including phenoxy) is 1. The van der Waals surface area contributed by atoms with Gasteiger partial charge in [-0.2, -0.15) is 0 Å². The Labute approximate surface area is 109 Å². The van der Waals surface area contributed by atoms with Crippen molar-refractivity contribution in [2.45, 2.75) is 38.3 Å². The van der Waals surface area contributed by atoms with E-state index >= 15 is 0 Å². The molecule has 0 radical (unpaired) electrons. The summed E-state index contributed by atoms with van der Waals surface area (Å²) in [5.41, 5.74) is 6.79. The van der Waals surface area contributed by atoms with Gasteiger partial charge in [-0.05, 0) is 38.4 Å². The van der Waals surface area contributed by atoms with E-state index in [1.54, 1.807) is 13.3 Å². The average molecular weight is 249 g/mol. The molecule has 0 amide bonds.